The van der Waals surface area contributed by atoms with E-state index in [1.807, 2.05) is 12.1 Å². The van der Waals surface area contributed by atoms with Crippen LogP contribution in [-0.4, -0.2) is 26.3 Å². The molecule has 102 valence electrons. The van der Waals surface area contributed by atoms with Gasteiger partial charge in [-0.2, -0.15) is 5.26 Å². The van der Waals surface area contributed by atoms with Gasteiger partial charge in [0.05, 0.1) is 25.4 Å². The van der Waals surface area contributed by atoms with E-state index in [1.54, 1.807) is 13.2 Å². The van der Waals surface area contributed by atoms with E-state index in [1.165, 1.54) is 0 Å². The normalized spacial score (nSPS) is 22.8. The Morgan fingerprint density at radius 2 is 2.32 bits per heavy atom. The molecule has 0 amide bonds. The lowest BCUT2D eigenvalue weighted by atomic mass is 9.97. The van der Waals surface area contributed by atoms with Gasteiger partial charge in [-0.15, -0.1) is 0 Å². The summed E-state index contributed by atoms with van der Waals surface area (Å²) in [5, 5.41) is 12.3. The van der Waals surface area contributed by atoms with Crippen LogP contribution in [0.15, 0.2) is 18.2 Å². The van der Waals surface area contributed by atoms with Crippen LogP contribution in [0.4, 0.5) is 0 Å². The van der Waals surface area contributed by atoms with Crippen LogP contribution in [0.3, 0.4) is 0 Å². The third-order valence-corrected chi connectivity index (χ3v) is 3.61. The first-order valence-electron chi connectivity index (χ1n) is 6.64. The van der Waals surface area contributed by atoms with Gasteiger partial charge in [0.15, 0.2) is 0 Å². The molecule has 1 aliphatic heterocycles. The summed E-state index contributed by atoms with van der Waals surface area (Å²) < 4.78 is 11.2. The van der Waals surface area contributed by atoms with E-state index >= 15 is 0 Å². The van der Waals surface area contributed by atoms with Crippen molar-refractivity contribution in [3.05, 3.63) is 29.3 Å². The van der Waals surface area contributed by atoms with E-state index < -0.39 is 0 Å². The molecule has 1 saturated heterocycles. The molecule has 2 unspecified atom stereocenters. The number of ether oxygens (including phenoxy) is 2. The number of nitrogens with one attached hydrogen (secondary N) is 1. The van der Waals surface area contributed by atoms with E-state index in [4.69, 9.17) is 14.7 Å². The molecule has 1 aromatic carbocycles. The van der Waals surface area contributed by atoms with Crippen LogP contribution in [0.5, 0.6) is 5.75 Å². The summed E-state index contributed by atoms with van der Waals surface area (Å²) in [7, 11) is 1.58. The van der Waals surface area contributed by atoms with E-state index in [9.17, 15) is 0 Å². The van der Waals surface area contributed by atoms with Gasteiger partial charge in [-0.1, -0.05) is 13.0 Å². The van der Waals surface area contributed by atoms with Gasteiger partial charge < -0.3 is 14.8 Å². The molecular weight excluding hydrogens is 240 g/mol. The summed E-state index contributed by atoms with van der Waals surface area (Å²) in [6.45, 7) is 4.77. The fourth-order valence-electron chi connectivity index (χ4n) is 2.31. The molecule has 2 rings (SSSR count). The molecule has 1 heterocycles. The van der Waals surface area contributed by atoms with Crippen molar-refractivity contribution < 1.29 is 9.47 Å². The predicted octanol–water partition coefficient (Wildman–Crippen LogP) is 2.08. The first-order chi connectivity index (χ1) is 9.24. The molecule has 0 spiro atoms. The second-order valence-corrected chi connectivity index (χ2v) is 4.97. The van der Waals surface area contributed by atoms with Gasteiger partial charge >= 0.3 is 0 Å². The van der Waals surface area contributed by atoms with E-state index in [-0.39, 0.29) is 6.10 Å². The van der Waals surface area contributed by atoms with E-state index in [2.05, 4.69) is 18.3 Å². The van der Waals surface area contributed by atoms with Crippen molar-refractivity contribution >= 4 is 0 Å². The molecule has 0 bridgehead atoms. The van der Waals surface area contributed by atoms with Crippen LogP contribution < -0.4 is 10.1 Å². The minimum Gasteiger partial charge on any atom is -0.495 e. The van der Waals surface area contributed by atoms with Crippen LogP contribution in [-0.2, 0) is 11.3 Å². The van der Waals surface area contributed by atoms with Gasteiger partial charge in [-0.3, -0.25) is 0 Å². The Balaban J connectivity index is 1.97. The molecule has 0 radical (unpaired) electrons. The third kappa shape index (κ3) is 3.46. The average molecular weight is 260 g/mol. The summed E-state index contributed by atoms with van der Waals surface area (Å²) in [5.74, 6) is 1.19. The first-order valence-corrected chi connectivity index (χ1v) is 6.64. The minimum atomic E-state index is 0.260. The van der Waals surface area contributed by atoms with Gasteiger partial charge in [0.1, 0.15) is 11.8 Å². The summed E-state index contributed by atoms with van der Waals surface area (Å²) in [5.41, 5.74) is 1.59. The maximum absolute atomic E-state index is 8.94. The number of nitrogens with zero attached hydrogens (tertiary/aromatic N) is 1. The number of benzene rings is 1. The lowest BCUT2D eigenvalue weighted by Gasteiger charge is -2.29. The molecule has 4 nitrogen and oxygen atoms in total. The number of nitriles is 1. The van der Waals surface area contributed by atoms with Crippen molar-refractivity contribution in [3.63, 3.8) is 0 Å². The van der Waals surface area contributed by atoms with Gasteiger partial charge in [0.2, 0.25) is 0 Å². The first kappa shape index (κ1) is 13.9. The smallest absolute Gasteiger partial charge is 0.136 e. The van der Waals surface area contributed by atoms with Gasteiger partial charge in [-0.25, -0.2) is 0 Å². The van der Waals surface area contributed by atoms with Crippen LogP contribution in [0.25, 0.3) is 0 Å². The Kier molecular flexibility index (Phi) is 4.78. The minimum absolute atomic E-state index is 0.260. The molecule has 1 N–H and O–H groups in total. The van der Waals surface area contributed by atoms with Crippen molar-refractivity contribution in [2.75, 3.05) is 20.2 Å². The van der Waals surface area contributed by atoms with Crippen LogP contribution >= 0.6 is 0 Å². The van der Waals surface area contributed by atoms with Crippen LogP contribution in [0.1, 0.15) is 24.5 Å². The molecule has 1 fully saturated rings. The molecule has 0 aromatic heterocycles. The number of rotatable bonds is 4. The van der Waals surface area contributed by atoms with Crippen molar-refractivity contribution in [3.8, 4) is 11.8 Å². The highest BCUT2D eigenvalue weighted by molar-refractivity contribution is 5.45. The summed E-state index contributed by atoms with van der Waals surface area (Å²) in [6.07, 6.45) is 1.41. The molecule has 0 saturated carbocycles. The second-order valence-electron chi connectivity index (χ2n) is 4.97. The molecule has 19 heavy (non-hydrogen) atoms. The average Bonchev–Trinajstić information content (AvgIpc) is 2.46. The molecule has 1 aliphatic rings. The Morgan fingerprint density at radius 1 is 1.47 bits per heavy atom. The zero-order chi connectivity index (χ0) is 13.7. The zero-order valence-corrected chi connectivity index (χ0v) is 11.5. The fraction of sp³-hybridized carbons (Fsp3) is 0.533. The SMILES string of the molecule is COc1cc(COC2CNCCC2C)ccc1C#N. The Hall–Kier alpha value is -1.57. The summed E-state index contributed by atoms with van der Waals surface area (Å²) >= 11 is 0. The lowest BCUT2D eigenvalue weighted by molar-refractivity contribution is -0.00663. The Labute approximate surface area is 114 Å². The lowest BCUT2D eigenvalue weighted by Crippen LogP contribution is -2.40. The fourth-order valence-corrected chi connectivity index (χ4v) is 2.31. The number of methoxy groups -OCH3 is 1. The third-order valence-electron chi connectivity index (χ3n) is 3.61. The van der Waals surface area contributed by atoms with Gasteiger partial charge in [0, 0.05) is 6.54 Å². The highest BCUT2D eigenvalue weighted by Crippen LogP contribution is 2.21. The van der Waals surface area contributed by atoms with Crippen LogP contribution in [0, 0.1) is 17.2 Å². The van der Waals surface area contributed by atoms with Crippen molar-refractivity contribution in [2.24, 2.45) is 5.92 Å². The molecule has 4 heteroatoms. The number of hydrogen-bond donors (Lipinski definition) is 1. The van der Waals surface area contributed by atoms with Gasteiger partial charge in [-0.05, 0) is 36.6 Å². The monoisotopic (exact) mass is 260 g/mol. The molecule has 1 aromatic rings. The Bertz CT molecular complexity index is 468. The molecule has 2 atom stereocenters. The molecular formula is C15H20N2O2. The van der Waals surface area contributed by atoms with Crippen molar-refractivity contribution in [2.45, 2.75) is 26.1 Å². The highest BCUT2D eigenvalue weighted by atomic mass is 16.5. The maximum Gasteiger partial charge on any atom is 0.136 e. The van der Waals surface area contributed by atoms with Crippen LogP contribution in [0.2, 0.25) is 0 Å². The maximum atomic E-state index is 8.94. The topological polar surface area (TPSA) is 54.3 Å². The van der Waals surface area contributed by atoms with E-state index in [0.29, 0.717) is 23.8 Å². The van der Waals surface area contributed by atoms with Crippen molar-refractivity contribution in [1.82, 2.24) is 5.32 Å². The van der Waals surface area contributed by atoms with Crippen molar-refractivity contribution in [1.29, 1.82) is 5.26 Å². The second kappa shape index (κ2) is 6.55. The quantitative estimate of drug-likeness (QED) is 0.900. The number of hydrogen-bond acceptors (Lipinski definition) is 4. The summed E-state index contributed by atoms with van der Waals surface area (Å²) in [4.78, 5) is 0. The summed E-state index contributed by atoms with van der Waals surface area (Å²) in [6, 6.07) is 7.68. The Morgan fingerprint density at radius 3 is 3.00 bits per heavy atom. The standard InChI is InChI=1S/C15H20N2O2/c1-11-5-6-17-9-15(11)19-10-12-3-4-13(8-16)14(7-12)18-2/h3-4,7,11,15,17H,5-6,9-10H2,1-2H3. The number of piperidine rings is 1. The van der Waals surface area contributed by atoms with Gasteiger partial charge in [0.25, 0.3) is 0 Å². The van der Waals surface area contributed by atoms with E-state index in [0.717, 1.165) is 25.1 Å². The predicted molar refractivity (Wildman–Crippen MR) is 72.9 cm³/mol. The molecule has 0 aliphatic carbocycles. The highest BCUT2D eigenvalue weighted by Gasteiger charge is 2.21. The largest absolute Gasteiger partial charge is 0.495 e. The zero-order valence-electron chi connectivity index (χ0n) is 11.5.